The Kier molecular flexibility index (Phi) is 7.38. The Morgan fingerprint density at radius 3 is 1.44 bits per heavy atom. The van der Waals surface area contributed by atoms with E-state index in [1.54, 1.807) is 82.3 Å². The normalized spacial score (nSPS) is 11.2. The number of benzene rings is 3. The molecule has 0 aliphatic heterocycles. The fourth-order valence-electron chi connectivity index (χ4n) is 4.47. The van der Waals surface area contributed by atoms with Gasteiger partial charge in [0, 0.05) is 11.1 Å². The molecule has 0 fully saturated rings. The molecule has 3 rings (SSSR count). The molecule has 176 valence electrons. The van der Waals surface area contributed by atoms with E-state index in [1.807, 2.05) is 13.8 Å². The van der Waals surface area contributed by atoms with Gasteiger partial charge < -0.3 is 9.30 Å². The standard InChI is InChI=1S/C28H29O5P/c1-17-12-19(3)25(20(4)13-17)27(30)34(32,16-24(29)33-23-10-8-7-9-11-23)28(31)26-21(5)14-18(2)15-22(26)6/h7-15H,16H2,1-6H3. The molecule has 0 heterocycles. The van der Waals surface area contributed by atoms with Crippen molar-refractivity contribution in [2.75, 3.05) is 6.16 Å². The minimum atomic E-state index is -4.43. The van der Waals surface area contributed by atoms with Crippen molar-refractivity contribution in [3.63, 3.8) is 0 Å². The number of carbonyl (C=O) groups excluding carboxylic acids is 3. The highest BCUT2D eigenvalue weighted by molar-refractivity contribution is 7.96. The summed E-state index contributed by atoms with van der Waals surface area (Å²) in [6, 6.07) is 15.5. The first-order chi connectivity index (χ1) is 15.9. The fourth-order valence-corrected chi connectivity index (χ4v) is 6.79. The van der Waals surface area contributed by atoms with Gasteiger partial charge >= 0.3 is 5.97 Å². The number of hydrogen-bond donors (Lipinski definition) is 0. The van der Waals surface area contributed by atoms with Gasteiger partial charge in [0.2, 0.25) is 18.2 Å². The van der Waals surface area contributed by atoms with Crippen LogP contribution >= 0.6 is 7.14 Å². The summed E-state index contributed by atoms with van der Waals surface area (Å²) < 4.78 is 19.7. The van der Waals surface area contributed by atoms with Crippen LogP contribution in [0.15, 0.2) is 54.6 Å². The second-order valence-corrected chi connectivity index (χ2v) is 11.5. The third-order valence-corrected chi connectivity index (χ3v) is 8.23. The van der Waals surface area contributed by atoms with Gasteiger partial charge in [0.25, 0.3) is 0 Å². The molecule has 0 saturated carbocycles. The van der Waals surface area contributed by atoms with Crippen molar-refractivity contribution in [2.24, 2.45) is 0 Å². The molecular formula is C28H29O5P. The Labute approximate surface area is 200 Å². The highest BCUT2D eigenvalue weighted by Gasteiger charge is 2.45. The maximum atomic E-state index is 14.4. The van der Waals surface area contributed by atoms with Gasteiger partial charge in [-0.15, -0.1) is 0 Å². The smallest absolute Gasteiger partial charge is 0.319 e. The van der Waals surface area contributed by atoms with Crippen molar-refractivity contribution in [2.45, 2.75) is 41.5 Å². The summed E-state index contributed by atoms with van der Waals surface area (Å²) in [6.07, 6.45) is -0.806. The molecule has 0 aliphatic carbocycles. The van der Waals surface area contributed by atoms with Crippen LogP contribution in [0.2, 0.25) is 0 Å². The Hall–Kier alpha value is -3.30. The van der Waals surface area contributed by atoms with Gasteiger partial charge in [-0.25, -0.2) is 0 Å². The third kappa shape index (κ3) is 5.10. The number of para-hydroxylation sites is 1. The monoisotopic (exact) mass is 476 g/mol. The molecular weight excluding hydrogens is 447 g/mol. The quantitative estimate of drug-likeness (QED) is 0.221. The first-order valence-corrected chi connectivity index (χ1v) is 12.9. The largest absolute Gasteiger partial charge is 0.426 e. The van der Waals surface area contributed by atoms with E-state index in [-0.39, 0.29) is 16.9 Å². The number of hydrogen-bond acceptors (Lipinski definition) is 5. The van der Waals surface area contributed by atoms with Crippen LogP contribution in [0, 0.1) is 41.5 Å². The lowest BCUT2D eigenvalue weighted by Crippen LogP contribution is -2.23. The molecule has 0 saturated heterocycles. The summed E-state index contributed by atoms with van der Waals surface area (Å²) >= 11 is 0. The van der Waals surface area contributed by atoms with Crippen molar-refractivity contribution < 1.29 is 23.7 Å². The van der Waals surface area contributed by atoms with Gasteiger partial charge in [-0.2, -0.15) is 0 Å². The van der Waals surface area contributed by atoms with E-state index >= 15 is 0 Å². The summed E-state index contributed by atoms with van der Waals surface area (Å²) in [7, 11) is -4.43. The predicted molar refractivity (Wildman–Crippen MR) is 135 cm³/mol. The van der Waals surface area contributed by atoms with Gasteiger partial charge in [-0.1, -0.05) is 53.6 Å². The van der Waals surface area contributed by atoms with E-state index in [9.17, 15) is 18.9 Å². The van der Waals surface area contributed by atoms with Crippen molar-refractivity contribution >= 4 is 24.2 Å². The van der Waals surface area contributed by atoms with Crippen LogP contribution in [-0.2, 0) is 9.36 Å². The zero-order valence-corrected chi connectivity index (χ0v) is 21.3. The lowest BCUT2D eigenvalue weighted by Gasteiger charge is -2.20. The topological polar surface area (TPSA) is 77.5 Å². The van der Waals surface area contributed by atoms with E-state index in [1.165, 1.54) is 0 Å². The highest BCUT2D eigenvalue weighted by Crippen LogP contribution is 2.53. The third-order valence-electron chi connectivity index (χ3n) is 5.76. The molecule has 6 heteroatoms. The van der Waals surface area contributed by atoms with Crippen LogP contribution in [0.1, 0.15) is 54.1 Å². The van der Waals surface area contributed by atoms with Crippen molar-refractivity contribution in [1.82, 2.24) is 0 Å². The molecule has 0 spiro atoms. The van der Waals surface area contributed by atoms with Gasteiger partial charge in [-0.05, 0) is 75.9 Å². The molecule has 0 aromatic heterocycles. The molecule has 0 amide bonds. The molecule has 0 aliphatic rings. The number of ether oxygens (including phenoxy) is 1. The Morgan fingerprint density at radius 1 is 0.676 bits per heavy atom. The zero-order valence-electron chi connectivity index (χ0n) is 20.4. The van der Waals surface area contributed by atoms with E-state index in [2.05, 4.69) is 0 Å². The van der Waals surface area contributed by atoms with Crippen LogP contribution in [0.4, 0.5) is 0 Å². The molecule has 0 radical (unpaired) electrons. The molecule has 0 bridgehead atoms. The summed E-state index contributed by atoms with van der Waals surface area (Å²) in [5.41, 5.74) is 3.17. The second-order valence-electron chi connectivity index (χ2n) is 8.84. The van der Waals surface area contributed by atoms with Gasteiger partial charge in [0.05, 0.1) is 0 Å². The van der Waals surface area contributed by atoms with E-state index in [4.69, 9.17) is 4.74 Å². The number of esters is 1. The van der Waals surface area contributed by atoms with Crippen LogP contribution < -0.4 is 4.74 Å². The van der Waals surface area contributed by atoms with E-state index in [0.29, 0.717) is 22.3 Å². The number of aryl methyl sites for hydroxylation is 6. The summed E-state index contributed by atoms with van der Waals surface area (Å²) in [6.45, 7) is 10.8. The first kappa shape index (κ1) is 25.3. The van der Waals surface area contributed by atoms with Gasteiger partial charge in [0.15, 0.2) is 0 Å². The average molecular weight is 477 g/mol. The van der Waals surface area contributed by atoms with Crippen molar-refractivity contribution in [1.29, 1.82) is 0 Å². The fraction of sp³-hybridized carbons (Fsp3) is 0.250. The molecule has 3 aromatic carbocycles. The average Bonchev–Trinajstić information content (AvgIpc) is 2.72. The maximum absolute atomic E-state index is 14.4. The Balaban J connectivity index is 2.13. The lowest BCUT2D eigenvalue weighted by molar-refractivity contribution is -0.131. The van der Waals surface area contributed by atoms with Crippen molar-refractivity contribution in [3.8, 4) is 5.75 Å². The van der Waals surface area contributed by atoms with Gasteiger partial charge in [-0.3, -0.25) is 14.4 Å². The molecule has 0 atom stereocenters. The number of carbonyl (C=O) groups is 3. The summed E-state index contributed by atoms with van der Waals surface area (Å²) in [5.74, 6) is -0.634. The number of rotatable bonds is 7. The van der Waals surface area contributed by atoms with Crippen LogP contribution in [0.5, 0.6) is 5.75 Å². The molecule has 5 nitrogen and oxygen atoms in total. The first-order valence-electron chi connectivity index (χ1n) is 11.0. The minimum absolute atomic E-state index is 0.220. The molecule has 34 heavy (non-hydrogen) atoms. The predicted octanol–water partition coefficient (Wildman–Crippen LogP) is 6.49. The minimum Gasteiger partial charge on any atom is -0.426 e. The Morgan fingerprint density at radius 2 is 1.06 bits per heavy atom. The van der Waals surface area contributed by atoms with Crippen LogP contribution in [0.25, 0.3) is 0 Å². The second kappa shape index (κ2) is 9.90. The zero-order chi connectivity index (χ0) is 25.2. The molecule has 0 unspecified atom stereocenters. The lowest BCUT2D eigenvalue weighted by atomic mass is 10.0. The van der Waals surface area contributed by atoms with E-state index in [0.717, 1.165) is 11.1 Å². The molecule has 0 N–H and O–H groups in total. The SMILES string of the molecule is Cc1cc(C)c(C(=O)P(=O)(CC(=O)Oc2ccccc2)C(=O)c2c(C)cc(C)cc2C)c(C)c1. The van der Waals surface area contributed by atoms with Crippen LogP contribution in [-0.4, -0.2) is 23.2 Å². The van der Waals surface area contributed by atoms with E-state index < -0.39 is 30.3 Å². The maximum Gasteiger partial charge on any atom is 0.319 e. The highest BCUT2D eigenvalue weighted by atomic mass is 31.2. The summed E-state index contributed by atoms with van der Waals surface area (Å²) in [4.78, 5) is 40.5. The van der Waals surface area contributed by atoms with Crippen molar-refractivity contribution in [3.05, 3.63) is 99.1 Å². The van der Waals surface area contributed by atoms with Gasteiger partial charge in [0.1, 0.15) is 11.9 Å². The molecule has 3 aromatic rings. The summed E-state index contributed by atoms with van der Waals surface area (Å²) in [5, 5.41) is 0. The Bertz CT molecular complexity index is 1220. The van der Waals surface area contributed by atoms with Crippen LogP contribution in [0.3, 0.4) is 0 Å².